The Hall–Kier alpha value is -1.51. The molecule has 1 fully saturated rings. The molecule has 2 heterocycles. The van der Waals surface area contributed by atoms with E-state index in [9.17, 15) is 8.42 Å². The second-order valence-electron chi connectivity index (χ2n) is 5.77. The summed E-state index contributed by atoms with van der Waals surface area (Å²) in [6.07, 6.45) is 0. The molecule has 0 spiro atoms. The van der Waals surface area contributed by atoms with Crippen LogP contribution in [0.4, 0.5) is 5.95 Å². The number of anilines is 1. The van der Waals surface area contributed by atoms with Gasteiger partial charge in [-0.25, -0.2) is 18.4 Å². The number of halogens is 1. The number of piperazine rings is 1. The molecule has 0 radical (unpaired) electrons. The molecule has 24 heavy (non-hydrogen) atoms. The van der Waals surface area contributed by atoms with Gasteiger partial charge in [-0.2, -0.15) is 4.31 Å². The minimum absolute atomic E-state index is 0.307. The summed E-state index contributed by atoms with van der Waals surface area (Å²) in [5.74, 6) is 0.672. The van der Waals surface area contributed by atoms with Crippen molar-refractivity contribution in [1.82, 2.24) is 14.3 Å². The number of hydrogen-bond acceptors (Lipinski definition) is 5. The molecule has 1 saturated heterocycles. The second-order valence-corrected chi connectivity index (χ2v) is 8.53. The molecule has 1 aliphatic rings. The van der Waals surface area contributed by atoms with E-state index in [1.165, 1.54) is 4.31 Å². The van der Waals surface area contributed by atoms with Crippen molar-refractivity contribution in [1.29, 1.82) is 0 Å². The SMILES string of the molecule is Cc1cc(C)nc(N2CCN(S(=O)(=O)c3ccccc3Br)CC2)n1. The fourth-order valence-electron chi connectivity index (χ4n) is 2.77. The van der Waals surface area contributed by atoms with Crippen molar-refractivity contribution in [3.05, 3.63) is 46.2 Å². The van der Waals surface area contributed by atoms with Crippen LogP contribution in [0.2, 0.25) is 0 Å². The number of rotatable bonds is 3. The number of sulfonamides is 1. The first-order valence-electron chi connectivity index (χ1n) is 7.70. The highest BCUT2D eigenvalue weighted by Gasteiger charge is 2.30. The summed E-state index contributed by atoms with van der Waals surface area (Å²) >= 11 is 3.33. The Morgan fingerprint density at radius 3 is 2.17 bits per heavy atom. The van der Waals surface area contributed by atoms with Crippen LogP contribution in [0.3, 0.4) is 0 Å². The Kier molecular flexibility index (Phi) is 4.89. The Bertz CT molecular complexity index is 829. The zero-order chi connectivity index (χ0) is 17.3. The molecule has 0 saturated carbocycles. The molecule has 2 aromatic rings. The van der Waals surface area contributed by atoms with Crippen molar-refractivity contribution in [2.75, 3.05) is 31.1 Å². The average molecular weight is 411 g/mol. The van der Waals surface area contributed by atoms with Crippen LogP contribution in [0.5, 0.6) is 0 Å². The minimum Gasteiger partial charge on any atom is -0.338 e. The van der Waals surface area contributed by atoms with Gasteiger partial charge in [-0.15, -0.1) is 0 Å². The van der Waals surface area contributed by atoms with E-state index in [-0.39, 0.29) is 0 Å². The van der Waals surface area contributed by atoms with Crippen LogP contribution in [0.1, 0.15) is 11.4 Å². The lowest BCUT2D eigenvalue weighted by atomic mass is 10.3. The summed E-state index contributed by atoms with van der Waals surface area (Å²) < 4.78 is 27.7. The third kappa shape index (κ3) is 3.45. The molecule has 0 aliphatic carbocycles. The first kappa shape index (κ1) is 17.3. The van der Waals surface area contributed by atoms with Crippen molar-refractivity contribution in [3.8, 4) is 0 Å². The van der Waals surface area contributed by atoms with Gasteiger partial charge in [-0.1, -0.05) is 12.1 Å². The van der Waals surface area contributed by atoms with Gasteiger partial charge in [0.2, 0.25) is 16.0 Å². The van der Waals surface area contributed by atoms with Crippen LogP contribution in [0, 0.1) is 13.8 Å². The molecule has 0 amide bonds. The molecule has 6 nitrogen and oxygen atoms in total. The highest BCUT2D eigenvalue weighted by molar-refractivity contribution is 9.10. The van der Waals surface area contributed by atoms with Gasteiger partial charge < -0.3 is 4.90 Å². The van der Waals surface area contributed by atoms with Crippen LogP contribution in [-0.2, 0) is 10.0 Å². The van der Waals surface area contributed by atoms with E-state index >= 15 is 0 Å². The maximum Gasteiger partial charge on any atom is 0.244 e. The van der Waals surface area contributed by atoms with Crippen LogP contribution < -0.4 is 4.90 Å². The van der Waals surface area contributed by atoms with E-state index in [4.69, 9.17) is 0 Å². The third-order valence-corrected chi connectivity index (χ3v) is 6.86. The summed E-state index contributed by atoms with van der Waals surface area (Å²) in [5, 5.41) is 0. The van der Waals surface area contributed by atoms with Gasteiger partial charge in [0.25, 0.3) is 0 Å². The monoisotopic (exact) mass is 410 g/mol. The van der Waals surface area contributed by atoms with Crippen molar-refractivity contribution in [2.24, 2.45) is 0 Å². The molecular weight excluding hydrogens is 392 g/mol. The molecule has 0 atom stereocenters. The second kappa shape index (κ2) is 6.78. The normalized spacial score (nSPS) is 16.4. The number of nitrogens with zero attached hydrogens (tertiary/aromatic N) is 4. The molecule has 3 rings (SSSR count). The number of benzene rings is 1. The standard InChI is InChI=1S/C16H19BrN4O2S/c1-12-11-13(2)19-16(18-12)20-7-9-21(10-8-20)24(22,23)15-6-4-3-5-14(15)17/h3-6,11H,7-10H2,1-2H3. The Morgan fingerprint density at radius 2 is 1.58 bits per heavy atom. The smallest absolute Gasteiger partial charge is 0.244 e. The van der Waals surface area contributed by atoms with Crippen LogP contribution in [0.25, 0.3) is 0 Å². The Balaban J connectivity index is 1.76. The van der Waals surface area contributed by atoms with Crippen molar-refractivity contribution in [2.45, 2.75) is 18.7 Å². The molecule has 0 bridgehead atoms. The van der Waals surface area contributed by atoms with Crippen molar-refractivity contribution in [3.63, 3.8) is 0 Å². The van der Waals surface area contributed by atoms with E-state index in [2.05, 4.69) is 25.9 Å². The summed E-state index contributed by atoms with van der Waals surface area (Å²) in [7, 11) is -3.50. The van der Waals surface area contributed by atoms with E-state index in [0.29, 0.717) is 41.5 Å². The first-order chi connectivity index (χ1) is 11.4. The predicted octanol–water partition coefficient (Wildman–Crippen LogP) is 2.37. The number of aromatic nitrogens is 2. The third-order valence-electron chi connectivity index (χ3n) is 3.95. The van der Waals surface area contributed by atoms with Gasteiger partial charge >= 0.3 is 0 Å². The van der Waals surface area contributed by atoms with E-state index in [1.807, 2.05) is 24.8 Å². The maximum absolute atomic E-state index is 12.8. The molecular formula is C16H19BrN4O2S. The van der Waals surface area contributed by atoms with Crippen molar-refractivity contribution >= 4 is 31.9 Å². The molecule has 0 N–H and O–H groups in total. The fraction of sp³-hybridized carbons (Fsp3) is 0.375. The minimum atomic E-state index is -3.50. The molecule has 1 aromatic carbocycles. The van der Waals surface area contributed by atoms with E-state index in [0.717, 1.165) is 11.4 Å². The molecule has 8 heteroatoms. The largest absolute Gasteiger partial charge is 0.338 e. The van der Waals surface area contributed by atoms with Gasteiger partial charge in [0.1, 0.15) is 0 Å². The number of aryl methyl sites for hydroxylation is 2. The van der Waals surface area contributed by atoms with Crippen LogP contribution >= 0.6 is 15.9 Å². The number of hydrogen-bond donors (Lipinski definition) is 0. The van der Waals surface area contributed by atoms with Gasteiger partial charge in [0, 0.05) is 42.0 Å². The summed E-state index contributed by atoms with van der Waals surface area (Å²) in [6, 6.07) is 8.83. The molecule has 1 aliphatic heterocycles. The predicted molar refractivity (Wildman–Crippen MR) is 96.6 cm³/mol. The Labute approximate surface area is 150 Å². The highest BCUT2D eigenvalue weighted by Crippen LogP contribution is 2.26. The van der Waals surface area contributed by atoms with Crippen molar-refractivity contribution < 1.29 is 8.42 Å². The van der Waals surface area contributed by atoms with Gasteiger partial charge in [-0.05, 0) is 48.0 Å². The average Bonchev–Trinajstić information content (AvgIpc) is 2.54. The van der Waals surface area contributed by atoms with Gasteiger partial charge in [0.05, 0.1) is 4.90 Å². The van der Waals surface area contributed by atoms with Gasteiger partial charge in [0.15, 0.2) is 0 Å². The first-order valence-corrected chi connectivity index (χ1v) is 9.93. The topological polar surface area (TPSA) is 66.4 Å². The Morgan fingerprint density at radius 1 is 1.00 bits per heavy atom. The van der Waals surface area contributed by atoms with E-state index < -0.39 is 10.0 Å². The lowest BCUT2D eigenvalue weighted by Gasteiger charge is -2.34. The lowest BCUT2D eigenvalue weighted by molar-refractivity contribution is 0.382. The van der Waals surface area contributed by atoms with Crippen LogP contribution in [-0.4, -0.2) is 48.9 Å². The van der Waals surface area contributed by atoms with E-state index in [1.54, 1.807) is 24.3 Å². The lowest BCUT2D eigenvalue weighted by Crippen LogP contribution is -2.49. The van der Waals surface area contributed by atoms with Gasteiger partial charge in [-0.3, -0.25) is 0 Å². The summed E-state index contributed by atoms with van der Waals surface area (Å²) in [5.41, 5.74) is 1.83. The summed E-state index contributed by atoms with van der Waals surface area (Å²) in [6.45, 7) is 5.86. The molecule has 128 valence electrons. The quantitative estimate of drug-likeness (QED) is 0.776. The molecule has 0 unspecified atom stereocenters. The zero-order valence-electron chi connectivity index (χ0n) is 13.6. The maximum atomic E-state index is 12.8. The fourth-order valence-corrected chi connectivity index (χ4v) is 5.16. The zero-order valence-corrected chi connectivity index (χ0v) is 16.0. The summed E-state index contributed by atoms with van der Waals surface area (Å²) in [4.78, 5) is 11.3. The van der Waals surface area contributed by atoms with Crippen LogP contribution in [0.15, 0.2) is 39.7 Å². The highest BCUT2D eigenvalue weighted by atomic mass is 79.9. The molecule has 1 aromatic heterocycles.